The number of carbonyl (C=O) groups excluding carboxylic acids is 1. The van der Waals surface area contributed by atoms with Crippen LogP contribution in [0.15, 0.2) is 49.0 Å². The molecular formula is C34H41N5O2. The molecule has 214 valence electrons. The van der Waals surface area contributed by atoms with Crippen LogP contribution in [0.25, 0.3) is 40.3 Å². The fraction of sp³-hybridized carbons (Fsp3) is 0.382. The van der Waals surface area contributed by atoms with Gasteiger partial charge in [-0.25, -0.2) is 4.98 Å². The van der Waals surface area contributed by atoms with Gasteiger partial charge >= 0.3 is 0 Å². The highest BCUT2D eigenvalue weighted by molar-refractivity contribution is 5.81. The summed E-state index contributed by atoms with van der Waals surface area (Å²) in [5.41, 5.74) is 7.04. The number of fused-ring (bicyclic) bond motifs is 8. The van der Waals surface area contributed by atoms with Gasteiger partial charge in [-0.1, -0.05) is 40.3 Å². The highest BCUT2D eigenvalue weighted by atomic mass is 16.3. The van der Waals surface area contributed by atoms with Crippen molar-refractivity contribution in [1.82, 2.24) is 24.8 Å². The Hall–Kier alpha value is -3.97. The van der Waals surface area contributed by atoms with Crippen molar-refractivity contribution in [2.75, 3.05) is 7.05 Å². The van der Waals surface area contributed by atoms with Crippen molar-refractivity contribution in [3.05, 3.63) is 77.4 Å². The molecule has 5 heterocycles. The van der Waals surface area contributed by atoms with Gasteiger partial charge in [0.05, 0.1) is 23.0 Å². The number of aromatic nitrogens is 4. The number of nitrogens with zero attached hydrogens (tertiary/aromatic N) is 3. The largest absolute Gasteiger partial charge is 0.390 e. The van der Waals surface area contributed by atoms with Gasteiger partial charge in [0.1, 0.15) is 0 Å². The number of amides is 1. The number of aromatic amines is 2. The zero-order valence-corrected chi connectivity index (χ0v) is 25.1. The number of carbonyl (C=O) groups is 1. The second kappa shape index (κ2) is 10.5. The summed E-state index contributed by atoms with van der Waals surface area (Å²) in [6, 6.07) is 14.2. The van der Waals surface area contributed by atoms with Gasteiger partial charge in [0.2, 0.25) is 5.91 Å². The predicted molar refractivity (Wildman–Crippen MR) is 168 cm³/mol. The van der Waals surface area contributed by atoms with Crippen molar-refractivity contribution in [1.29, 1.82) is 0 Å². The zero-order valence-electron chi connectivity index (χ0n) is 25.1. The summed E-state index contributed by atoms with van der Waals surface area (Å²) in [6.07, 6.45) is 5.76. The Balaban J connectivity index is 1.62. The van der Waals surface area contributed by atoms with Crippen molar-refractivity contribution >= 4 is 46.2 Å². The number of aliphatic hydroxyl groups excluding tert-OH is 1. The van der Waals surface area contributed by atoms with E-state index in [1.807, 2.05) is 96.2 Å². The minimum absolute atomic E-state index is 0.0153. The van der Waals surface area contributed by atoms with E-state index in [4.69, 9.17) is 9.97 Å². The van der Waals surface area contributed by atoms with Crippen LogP contribution in [-0.4, -0.2) is 54.5 Å². The van der Waals surface area contributed by atoms with Gasteiger partial charge in [0.15, 0.2) is 0 Å². The van der Waals surface area contributed by atoms with Crippen molar-refractivity contribution in [2.24, 2.45) is 11.3 Å². The molecule has 2 aliphatic rings. The molecule has 0 saturated heterocycles. The molecule has 3 unspecified atom stereocenters. The fourth-order valence-electron chi connectivity index (χ4n) is 5.97. The standard InChI is InChI=1S/C34H41N5O2/c1-9-21-14-26-19-30-28(20(2)31(40)39(8)34(6,7)32(41)33(3,4)5)17-27(38-30)16-24-11-10-22(35-24)15-23-12-13-25(36-23)18-29(21)37-26/h9-16,18-20,28,32,35,37,41H,1,17H2,2-8H3. The van der Waals surface area contributed by atoms with E-state index < -0.39 is 11.6 Å². The van der Waals surface area contributed by atoms with Crippen molar-refractivity contribution in [2.45, 2.75) is 65.5 Å². The molecule has 0 saturated carbocycles. The highest BCUT2D eigenvalue weighted by Gasteiger charge is 2.43. The molecule has 5 rings (SSSR count). The maximum atomic E-state index is 14.0. The summed E-state index contributed by atoms with van der Waals surface area (Å²) in [4.78, 5) is 32.4. The Morgan fingerprint density at radius 3 is 2.32 bits per heavy atom. The van der Waals surface area contributed by atoms with Crippen molar-refractivity contribution in [3.63, 3.8) is 0 Å². The lowest BCUT2D eigenvalue weighted by atomic mass is 9.77. The molecule has 7 heteroatoms. The van der Waals surface area contributed by atoms with E-state index in [0.717, 1.165) is 50.4 Å². The van der Waals surface area contributed by atoms with E-state index in [1.165, 1.54) is 0 Å². The van der Waals surface area contributed by atoms with Crippen LogP contribution in [0.1, 0.15) is 75.8 Å². The summed E-state index contributed by atoms with van der Waals surface area (Å²) < 4.78 is 0. The molecule has 3 atom stereocenters. The van der Waals surface area contributed by atoms with E-state index in [9.17, 15) is 9.90 Å². The van der Waals surface area contributed by atoms with Gasteiger partial charge in [-0.05, 0) is 85.9 Å². The van der Waals surface area contributed by atoms with Crippen LogP contribution in [0, 0.1) is 11.3 Å². The first-order valence-corrected chi connectivity index (χ1v) is 14.2. The topological polar surface area (TPSA) is 97.9 Å². The van der Waals surface area contributed by atoms with Gasteiger partial charge in [-0.2, -0.15) is 0 Å². The van der Waals surface area contributed by atoms with Crippen molar-refractivity contribution in [3.8, 4) is 0 Å². The number of hydrogen-bond donors (Lipinski definition) is 3. The molecule has 0 aromatic carbocycles. The van der Waals surface area contributed by atoms with E-state index >= 15 is 0 Å². The molecule has 7 nitrogen and oxygen atoms in total. The summed E-state index contributed by atoms with van der Waals surface area (Å²) in [6.45, 7) is 15.8. The third-order valence-corrected chi connectivity index (χ3v) is 8.52. The Kier molecular flexibility index (Phi) is 7.28. The first-order chi connectivity index (χ1) is 19.3. The second-order valence-electron chi connectivity index (χ2n) is 13.0. The molecule has 3 N–H and O–H groups in total. The van der Waals surface area contributed by atoms with Gasteiger partial charge in [0.25, 0.3) is 0 Å². The average molecular weight is 552 g/mol. The minimum atomic E-state index is -0.747. The molecule has 2 aliphatic heterocycles. The molecule has 3 aromatic rings. The number of nitrogens with one attached hydrogen (secondary N) is 2. The Morgan fingerprint density at radius 2 is 1.66 bits per heavy atom. The van der Waals surface area contributed by atoms with Crippen LogP contribution in [0.4, 0.5) is 0 Å². The molecule has 0 fully saturated rings. The van der Waals surface area contributed by atoms with Gasteiger partial charge < -0.3 is 20.0 Å². The maximum absolute atomic E-state index is 14.0. The molecule has 0 radical (unpaired) electrons. The van der Waals surface area contributed by atoms with Crippen LogP contribution in [0.2, 0.25) is 0 Å². The Morgan fingerprint density at radius 1 is 1.00 bits per heavy atom. The normalized spacial score (nSPS) is 16.8. The smallest absolute Gasteiger partial charge is 0.226 e. The summed E-state index contributed by atoms with van der Waals surface area (Å²) in [5.74, 6) is -0.496. The van der Waals surface area contributed by atoms with E-state index in [1.54, 1.807) is 11.9 Å². The Bertz CT molecular complexity index is 1680. The van der Waals surface area contributed by atoms with Gasteiger partial charge in [-0.3, -0.25) is 9.78 Å². The van der Waals surface area contributed by atoms with Crippen LogP contribution < -0.4 is 0 Å². The van der Waals surface area contributed by atoms with E-state index in [2.05, 4.69) is 22.6 Å². The second-order valence-corrected chi connectivity index (χ2v) is 13.0. The third-order valence-electron chi connectivity index (χ3n) is 8.52. The zero-order chi connectivity index (χ0) is 29.7. The lowest BCUT2D eigenvalue weighted by Crippen LogP contribution is -2.58. The lowest BCUT2D eigenvalue weighted by Gasteiger charge is -2.46. The van der Waals surface area contributed by atoms with Gasteiger partial charge in [0, 0.05) is 52.3 Å². The molecular weight excluding hydrogens is 510 g/mol. The van der Waals surface area contributed by atoms with Crippen LogP contribution in [0.5, 0.6) is 0 Å². The number of rotatable bonds is 5. The maximum Gasteiger partial charge on any atom is 0.226 e. The fourth-order valence-corrected chi connectivity index (χ4v) is 5.97. The summed E-state index contributed by atoms with van der Waals surface area (Å²) >= 11 is 0. The third kappa shape index (κ3) is 5.64. The van der Waals surface area contributed by atoms with Gasteiger partial charge in [-0.15, -0.1) is 0 Å². The highest BCUT2D eigenvalue weighted by Crippen LogP contribution is 2.36. The number of H-pyrrole nitrogens is 2. The van der Waals surface area contributed by atoms with Crippen molar-refractivity contribution < 1.29 is 9.90 Å². The molecule has 8 bridgehead atoms. The lowest BCUT2D eigenvalue weighted by molar-refractivity contribution is -0.147. The average Bonchev–Trinajstić information content (AvgIpc) is 3.70. The van der Waals surface area contributed by atoms with E-state index in [-0.39, 0.29) is 23.2 Å². The first-order valence-electron chi connectivity index (χ1n) is 14.2. The monoisotopic (exact) mass is 551 g/mol. The molecule has 0 spiro atoms. The van der Waals surface area contributed by atoms with Crippen LogP contribution in [0.3, 0.4) is 0 Å². The predicted octanol–water partition coefficient (Wildman–Crippen LogP) is 6.73. The number of hydrogen-bond acceptors (Lipinski definition) is 4. The van der Waals surface area contributed by atoms with Crippen LogP contribution in [-0.2, 0) is 11.2 Å². The number of likely N-dealkylation sites (N-methyl/N-ethyl adjacent to an activating group) is 1. The number of aliphatic hydroxyl groups is 1. The summed E-state index contributed by atoms with van der Waals surface area (Å²) in [7, 11) is 1.80. The minimum Gasteiger partial charge on any atom is -0.390 e. The molecule has 1 amide bonds. The quantitative estimate of drug-likeness (QED) is 0.256. The SMILES string of the molecule is C=Cc1cc2cc3nc(cc4ccc(cc5nc(cc1[nH]2)C=C5)[nH]4)CC3C(C)C(=O)N(C)C(C)(C)C(O)C(C)(C)C. The van der Waals surface area contributed by atoms with Crippen LogP contribution >= 0.6 is 0 Å². The molecule has 3 aromatic heterocycles. The summed E-state index contributed by atoms with van der Waals surface area (Å²) in [5, 5.41) is 11.1. The Labute approximate surface area is 242 Å². The molecule has 41 heavy (non-hydrogen) atoms. The first kappa shape index (κ1) is 28.6. The molecule has 0 aliphatic carbocycles. The van der Waals surface area contributed by atoms with E-state index in [0.29, 0.717) is 6.42 Å².